The van der Waals surface area contributed by atoms with Gasteiger partial charge in [-0.15, -0.1) is 0 Å². The Balaban J connectivity index is 2.62. The van der Waals surface area contributed by atoms with Crippen LogP contribution in [0, 0.1) is 0 Å². The molecule has 0 aliphatic rings. The lowest BCUT2D eigenvalue weighted by molar-refractivity contribution is -0.142. The maximum absolute atomic E-state index is 11.4. The molecule has 0 aliphatic heterocycles. The average Bonchev–Trinajstić information content (AvgIpc) is 2.36. The molecule has 18 heavy (non-hydrogen) atoms. The number of nitrogens with two attached hydrogens (primary N) is 1. The average molecular weight is 252 g/mol. The third kappa shape index (κ3) is 4.42. The van der Waals surface area contributed by atoms with Gasteiger partial charge in [0.15, 0.2) is 6.61 Å². The summed E-state index contributed by atoms with van der Waals surface area (Å²) >= 11 is 0. The van der Waals surface area contributed by atoms with Gasteiger partial charge in [-0.05, 0) is 19.1 Å². The molecule has 98 valence electrons. The fraction of sp³-hybridized carbons (Fsp3) is 0.333. The van der Waals surface area contributed by atoms with E-state index in [4.69, 9.17) is 10.5 Å². The number of nitrogens with one attached hydrogen (secondary N) is 1. The predicted octanol–water partition coefficient (Wildman–Crippen LogP) is 0.524. The molecule has 0 fully saturated rings. The van der Waals surface area contributed by atoms with Gasteiger partial charge in [0.1, 0.15) is 5.75 Å². The number of hydrogen-bond acceptors (Lipinski definition) is 5. The van der Waals surface area contributed by atoms with Crippen LogP contribution in [0.1, 0.15) is 6.92 Å². The third-order valence-corrected chi connectivity index (χ3v) is 2.10. The first-order valence-electron chi connectivity index (χ1n) is 5.39. The van der Waals surface area contributed by atoms with E-state index >= 15 is 0 Å². The fourth-order valence-electron chi connectivity index (χ4n) is 1.12. The molecule has 1 aromatic carbocycles. The van der Waals surface area contributed by atoms with Crippen molar-refractivity contribution >= 4 is 17.6 Å². The molecule has 0 spiro atoms. The molecule has 0 aliphatic carbocycles. The van der Waals surface area contributed by atoms with Gasteiger partial charge in [-0.25, -0.2) is 4.79 Å². The first kappa shape index (κ1) is 14.0. The minimum absolute atomic E-state index is 0.179. The Kier molecular flexibility index (Phi) is 5.13. The van der Waals surface area contributed by atoms with Crippen LogP contribution in [0.15, 0.2) is 24.3 Å². The van der Waals surface area contributed by atoms with Crippen LogP contribution in [-0.2, 0) is 14.3 Å². The molecule has 0 radical (unpaired) electrons. The molecule has 1 atom stereocenters. The zero-order valence-corrected chi connectivity index (χ0v) is 10.3. The van der Waals surface area contributed by atoms with Gasteiger partial charge in [0, 0.05) is 11.8 Å². The Labute approximate surface area is 105 Å². The summed E-state index contributed by atoms with van der Waals surface area (Å²) in [7, 11) is 1.28. The Morgan fingerprint density at radius 2 is 2.17 bits per heavy atom. The van der Waals surface area contributed by atoms with Gasteiger partial charge in [-0.3, -0.25) is 4.79 Å². The second-order valence-corrected chi connectivity index (χ2v) is 3.67. The monoisotopic (exact) mass is 252 g/mol. The topological polar surface area (TPSA) is 90.6 Å². The van der Waals surface area contributed by atoms with E-state index in [1.54, 1.807) is 31.2 Å². The van der Waals surface area contributed by atoms with Crippen LogP contribution in [0.25, 0.3) is 0 Å². The Morgan fingerprint density at radius 1 is 1.44 bits per heavy atom. The van der Waals surface area contributed by atoms with Crippen molar-refractivity contribution in [1.82, 2.24) is 0 Å². The SMILES string of the molecule is COC(=O)COc1cccc(NC(=O)[C@H](C)N)c1. The first-order chi connectivity index (χ1) is 8.52. The summed E-state index contributed by atoms with van der Waals surface area (Å²) in [6.45, 7) is 1.41. The summed E-state index contributed by atoms with van der Waals surface area (Å²) in [6, 6.07) is 6.08. The molecule has 1 rings (SSSR count). The molecule has 3 N–H and O–H groups in total. The highest BCUT2D eigenvalue weighted by molar-refractivity contribution is 5.94. The number of amides is 1. The fourth-order valence-corrected chi connectivity index (χ4v) is 1.12. The molecule has 1 aromatic rings. The Bertz CT molecular complexity index is 432. The van der Waals surface area contributed by atoms with Crippen LogP contribution >= 0.6 is 0 Å². The number of anilines is 1. The first-order valence-corrected chi connectivity index (χ1v) is 5.39. The van der Waals surface area contributed by atoms with E-state index in [2.05, 4.69) is 10.1 Å². The van der Waals surface area contributed by atoms with E-state index in [0.717, 1.165) is 0 Å². The maximum atomic E-state index is 11.4. The molecule has 0 aromatic heterocycles. The lowest BCUT2D eigenvalue weighted by Gasteiger charge is -2.09. The van der Waals surface area contributed by atoms with E-state index in [1.807, 2.05) is 0 Å². The number of rotatable bonds is 5. The van der Waals surface area contributed by atoms with Crippen molar-refractivity contribution in [1.29, 1.82) is 0 Å². The van der Waals surface area contributed by atoms with Crippen LogP contribution in [0.3, 0.4) is 0 Å². The molecule has 0 heterocycles. The van der Waals surface area contributed by atoms with Gasteiger partial charge in [0.05, 0.1) is 13.2 Å². The predicted molar refractivity (Wildman–Crippen MR) is 66.2 cm³/mol. The van der Waals surface area contributed by atoms with Crippen LogP contribution < -0.4 is 15.8 Å². The van der Waals surface area contributed by atoms with Crippen molar-refractivity contribution < 1.29 is 19.1 Å². The van der Waals surface area contributed by atoms with Crippen molar-refractivity contribution in [3.05, 3.63) is 24.3 Å². The molecule has 6 heteroatoms. The second-order valence-electron chi connectivity index (χ2n) is 3.67. The van der Waals surface area contributed by atoms with Gasteiger partial charge in [0.2, 0.25) is 5.91 Å². The highest BCUT2D eigenvalue weighted by atomic mass is 16.6. The van der Waals surface area contributed by atoms with Gasteiger partial charge in [0.25, 0.3) is 0 Å². The molecular weight excluding hydrogens is 236 g/mol. The van der Waals surface area contributed by atoms with E-state index < -0.39 is 12.0 Å². The second kappa shape index (κ2) is 6.61. The minimum atomic E-state index is -0.593. The molecular formula is C12H16N2O4. The zero-order valence-electron chi connectivity index (χ0n) is 10.3. The van der Waals surface area contributed by atoms with E-state index in [9.17, 15) is 9.59 Å². The highest BCUT2D eigenvalue weighted by Gasteiger charge is 2.08. The maximum Gasteiger partial charge on any atom is 0.343 e. The number of ether oxygens (including phenoxy) is 2. The number of esters is 1. The van der Waals surface area contributed by atoms with Crippen molar-refractivity contribution in [3.63, 3.8) is 0 Å². The number of benzene rings is 1. The van der Waals surface area contributed by atoms with Gasteiger partial charge in [-0.2, -0.15) is 0 Å². The smallest absolute Gasteiger partial charge is 0.343 e. The summed E-state index contributed by atoms with van der Waals surface area (Å²) in [5.41, 5.74) is 5.99. The van der Waals surface area contributed by atoms with Crippen molar-refractivity contribution in [2.75, 3.05) is 19.0 Å². The van der Waals surface area contributed by atoms with Crippen molar-refractivity contribution in [3.8, 4) is 5.75 Å². The van der Waals surface area contributed by atoms with Crippen LogP contribution in [-0.4, -0.2) is 31.6 Å². The third-order valence-electron chi connectivity index (χ3n) is 2.10. The van der Waals surface area contributed by atoms with Gasteiger partial charge in [-0.1, -0.05) is 6.07 Å². The normalized spacial score (nSPS) is 11.5. The lowest BCUT2D eigenvalue weighted by atomic mass is 10.2. The Hall–Kier alpha value is -2.08. The number of hydrogen-bond donors (Lipinski definition) is 2. The number of carbonyl (C=O) groups is 2. The lowest BCUT2D eigenvalue weighted by Crippen LogP contribution is -2.32. The molecule has 0 saturated carbocycles. The minimum Gasteiger partial charge on any atom is -0.482 e. The van der Waals surface area contributed by atoms with Crippen LogP contribution in [0.4, 0.5) is 5.69 Å². The van der Waals surface area contributed by atoms with E-state index in [-0.39, 0.29) is 12.5 Å². The molecule has 0 saturated heterocycles. The standard InChI is InChI=1S/C12H16N2O4/c1-8(13)12(16)14-9-4-3-5-10(6-9)18-7-11(15)17-2/h3-6,8H,7,13H2,1-2H3,(H,14,16)/t8-/m0/s1. The molecule has 0 unspecified atom stereocenters. The summed E-state index contributed by atoms with van der Waals surface area (Å²) < 4.78 is 9.63. The molecule has 0 bridgehead atoms. The summed E-state index contributed by atoms with van der Waals surface area (Å²) in [4.78, 5) is 22.3. The van der Waals surface area contributed by atoms with Crippen molar-refractivity contribution in [2.45, 2.75) is 13.0 Å². The van der Waals surface area contributed by atoms with Gasteiger partial charge >= 0.3 is 5.97 Å². The van der Waals surface area contributed by atoms with E-state index in [1.165, 1.54) is 7.11 Å². The number of methoxy groups -OCH3 is 1. The van der Waals surface area contributed by atoms with Crippen molar-refractivity contribution in [2.24, 2.45) is 5.73 Å². The molecule has 6 nitrogen and oxygen atoms in total. The summed E-state index contributed by atoms with van der Waals surface area (Å²) in [5.74, 6) is -0.303. The largest absolute Gasteiger partial charge is 0.482 e. The summed E-state index contributed by atoms with van der Waals surface area (Å²) in [5, 5.41) is 2.62. The Morgan fingerprint density at radius 3 is 2.78 bits per heavy atom. The summed E-state index contributed by atoms with van der Waals surface area (Å²) in [6.07, 6.45) is 0. The highest BCUT2D eigenvalue weighted by Crippen LogP contribution is 2.17. The number of carbonyl (C=O) groups excluding carboxylic acids is 2. The van der Waals surface area contributed by atoms with Crippen LogP contribution in [0.2, 0.25) is 0 Å². The molecule has 1 amide bonds. The van der Waals surface area contributed by atoms with Crippen LogP contribution in [0.5, 0.6) is 5.75 Å². The zero-order chi connectivity index (χ0) is 13.5. The van der Waals surface area contributed by atoms with E-state index in [0.29, 0.717) is 11.4 Å². The quantitative estimate of drug-likeness (QED) is 0.746. The van der Waals surface area contributed by atoms with Gasteiger partial charge < -0.3 is 20.5 Å².